The van der Waals surface area contributed by atoms with Gasteiger partial charge in [0.2, 0.25) is 11.8 Å². The highest BCUT2D eigenvalue weighted by atomic mass is 16.3. The molecule has 6 heteroatoms. The molecule has 3 rings (SSSR count). The summed E-state index contributed by atoms with van der Waals surface area (Å²) in [5.41, 5.74) is 0. The van der Waals surface area contributed by atoms with Gasteiger partial charge in [0.15, 0.2) is 0 Å². The molecule has 0 aliphatic heterocycles. The van der Waals surface area contributed by atoms with Crippen LogP contribution in [0.5, 0.6) is 0 Å². The Morgan fingerprint density at radius 1 is 1.29 bits per heavy atom. The summed E-state index contributed by atoms with van der Waals surface area (Å²) in [4.78, 5) is 23.3. The Balaban J connectivity index is 1.38. The number of carbonyl (C=O) groups excluding carboxylic acids is 2. The molecule has 2 heterocycles. The molecule has 6 nitrogen and oxygen atoms in total. The summed E-state index contributed by atoms with van der Waals surface area (Å²) < 4.78 is 10.8. The van der Waals surface area contributed by atoms with E-state index in [-0.39, 0.29) is 18.4 Å². The maximum Gasteiger partial charge on any atom is 0.244 e. The predicted octanol–water partition coefficient (Wildman–Crippen LogP) is 2.44. The zero-order chi connectivity index (χ0) is 16.9. The van der Waals surface area contributed by atoms with E-state index >= 15 is 0 Å². The first-order valence-electron chi connectivity index (χ1n) is 7.96. The molecule has 0 aromatic carbocycles. The third-order valence-electron chi connectivity index (χ3n) is 3.98. The fourth-order valence-corrected chi connectivity index (χ4v) is 2.42. The van der Waals surface area contributed by atoms with Gasteiger partial charge in [-0.05, 0) is 42.7 Å². The van der Waals surface area contributed by atoms with Crippen LogP contribution in [-0.4, -0.2) is 18.4 Å². The number of furan rings is 2. The van der Waals surface area contributed by atoms with Gasteiger partial charge in [0, 0.05) is 12.0 Å². The second kappa shape index (κ2) is 7.21. The molecule has 0 radical (unpaired) electrons. The standard InChI is InChI=1S/C18H20N2O4/c1-12-9-15(12)16-6-4-13(24-16)5-7-17(21)20-11-18(22)19-10-14-3-2-8-23-14/h2-8,12,15H,9-11H2,1H3,(H,19,22)(H,20,21)/b7-5+. The number of amides is 2. The van der Waals surface area contributed by atoms with E-state index in [1.165, 1.54) is 12.3 Å². The average molecular weight is 328 g/mol. The Morgan fingerprint density at radius 2 is 2.12 bits per heavy atom. The highest BCUT2D eigenvalue weighted by Gasteiger charge is 2.36. The summed E-state index contributed by atoms with van der Waals surface area (Å²) in [6.07, 6.45) is 5.66. The molecule has 1 aliphatic rings. The van der Waals surface area contributed by atoms with Crippen molar-refractivity contribution >= 4 is 17.9 Å². The summed E-state index contributed by atoms with van der Waals surface area (Å²) in [7, 11) is 0. The van der Waals surface area contributed by atoms with Crippen molar-refractivity contribution in [1.82, 2.24) is 10.6 Å². The van der Waals surface area contributed by atoms with Gasteiger partial charge in [-0.3, -0.25) is 9.59 Å². The molecule has 2 amide bonds. The van der Waals surface area contributed by atoms with E-state index in [9.17, 15) is 9.59 Å². The third-order valence-corrected chi connectivity index (χ3v) is 3.98. The van der Waals surface area contributed by atoms with Crippen LogP contribution in [0.4, 0.5) is 0 Å². The zero-order valence-electron chi connectivity index (χ0n) is 13.5. The summed E-state index contributed by atoms with van der Waals surface area (Å²) in [5.74, 6) is 2.83. The Bertz CT molecular complexity index is 730. The topological polar surface area (TPSA) is 84.5 Å². The van der Waals surface area contributed by atoms with Crippen LogP contribution in [0.1, 0.15) is 36.5 Å². The van der Waals surface area contributed by atoms with E-state index in [1.54, 1.807) is 18.2 Å². The maximum absolute atomic E-state index is 11.7. The SMILES string of the molecule is CC1CC1c1ccc(/C=C/C(=O)NCC(=O)NCc2ccco2)o1. The first kappa shape index (κ1) is 16.1. The highest BCUT2D eigenvalue weighted by Crippen LogP contribution is 2.47. The van der Waals surface area contributed by atoms with Crippen molar-refractivity contribution in [2.45, 2.75) is 25.8 Å². The fraction of sp³-hybridized carbons (Fsp3) is 0.333. The predicted molar refractivity (Wildman–Crippen MR) is 87.8 cm³/mol. The van der Waals surface area contributed by atoms with Gasteiger partial charge in [-0.15, -0.1) is 0 Å². The number of nitrogens with one attached hydrogen (secondary N) is 2. The molecule has 1 saturated carbocycles. The molecule has 1 aliphatic carbocycles. The normalized spacial score (nSPS) is 19.4. The van der Waals surface area contributed by atoms with Gasteiger partial charge >= 0.3 is 0 Å². The smallest absolute Gasteiger partial charge is 0.244 e. The van der Waals surface area contributed by atoms with E-state index in [1.807, 2.05) is 12.1 Å². The minimum Gasteiger partial charge on any atom is -0.467 e. The summed E-state index contributed by atoms with van der Waals surface area (Å²) in [6, 6.07) is 7.31. The van der Waals surface area contributed by atoms with Crippen LogP contribution in [0.15, 0.2) is 45.4 Å². The average Bonchev–Trinajstić information content (AvgIpc) is 3.01. The number of carbonyl (C=O) groups is 2. The molecule has 2 N–H and O–H groups in total. The van der Waals surface area contributed by atoms with Gasteiger partial charge < -0.3 is 19.5 Å². The van der Waals surface area contributed by atoms with Gasteiger partial charge in [-0.1, -0.05) is 6.92 Å². The molecule has 2 aromatic rings. The van der Waals surface area contributed by atoms with E-state index < -0.39 is 0 Å². The Morgan fingerprint density at radius 3 is 2.83 bits per heavy atom. The largest absolute Gasteiger partial charge is 0.467 e. The molecule has 0 saturated heterocycles. The molecule has 0 bridgehead atoms. The molecule has 0 spiro atoms. The molecule has 126 valence electrons. The lowest BCUT2D eigenvalue weighted by molar-refractivity contribution is -0.124. The zero-order valence-corrected chi connectivity index (χ0v) is 13.5. The van der Waals surface area contributed by atoms with Gasteiger partial charge in [-0.25, -0.2) is 0 Å². The van der Waals surface area contributed by atoms with Crippen LogP contribution >= 0.6 is 0 Å². The lowest BCUT2D eigenvalue weighted by atomic mass is 10.3. The minimum absolute atomic E-state index is 0.0904. The van der Waals surface area contributed by atoms with Gasteiger partial charge in [0.05, 0.1) is 19.4 Å². The number of hydrogen-bond donors (Lipinski definition) is 2. The van der Waals surface area contributed by atoms with Gasteiger partial charge in [-0.2, -0.15) is 0 Å². The van der Waals surface area contributed by atoms with Crippen molar-refractivity contribution in [2.24, 2.45) is 5.92 Å². The molecule has 24 heavy (non-hydrogen) atoms. The maximum atomic E-state index is 11.7. The van der Waals surface area contributed by atoms with Crippen molar-refractivity contribution in [2.75, 3.05) is 6.54 Å². The molecule has 2 atom stereocenters. The third kappa shape index (κ3) is 4.38. The monoisotopic (exact) mass is 328 g/mol. The van der Waals surface area contributed by atoms with E-state index in [2.05, 4.69) is 17.6 Å². The van der Waals surface area contributed by atoms with Crippen LogP contribution in [0.3, 0.4) is 0 Å². The molecule has 2 unspecified atom stereocenters. The van der Waals surface area contributed by atoms with Crippen molar-refractivity contribution in [3.05, 3.63) is 53.9 Å². The Hall–Kier alpha value is -2.76. The first-order chi connectivity index (χ1) is 11.6. The fourth-order valence-electron chi connectivity index (χ4n) is 2.42. The summed E-state index contributed by atoms with van der Waals surface area (Å²) in [5, 5.41) is 5.17. The van der Waals surface area contributed by atoms with Crippen LogP contribution in [0, 0.1) is 5.92 Å². The number of hydrogen-bond acceptors (Lipinski definition) is 4. The van der Waals surface area contributed by atoms with E-state index in [0.29, 0.717) is 29.9 Å². The van der Waals surface area contributed by atoms with Crippen LogP contribution in [0.2, 0.25) is 0 Å². The quantitative estimate of drug-likeness (QED) is 0.765. The molecule has 2 aromatic heterocycles. The minimum atomic E-state index is -0.346. The van der Waals surface area contributed by atoms with E-state index in [4.69, 9.17) is 8.83 Å². The van der Waals surface area contributed by atoms with Crippen molar-refractivity contribution in [1.29, 1.82) is 0 Å². The second-order valence-corrected chi connectivity index (χ2v) is 5.97. The van der Waals surface area contributed by atoms with Crippen LogP contribution < -0.4 is 10.6 Å². The summed E-state index contributed by atoms with van der Waals surface area (Å²) >= 11 is 0. The lowest BCUT2D eigenvalue weighted by Crippen LogP contribution is -2.35. The van der Waals surface area contributed by atoms with E-state index in [0.717, 1.165) is 12.2 Å². The van der Waals surface area contributed by atoms with Crippen LogP contribution in [0.25, 0.3) is 6.08 Å². The Labute approximate surface area is 139 Å². The van der Waals surface area contributed by atoms with Crippen molar-refractivity contribution in [3.63, 3.8) is 0 Å². The van der Waals surface area contributed by atoms with Gasteiger partial charge in [0.1, 0.15) is 17.3 Å². The molecular formula is C18H20N2O4. The van der Waals surface area contributed by atoms with Crippen molar-refractivity contribution < 1.29 is 18.4 Å². The highest BCUT2D eigenvalue weighted by molar-refractivity contribution is 5.94. The summed E-state index contributed by atoms with van der Waals surface area (Å²) in [6.45, 7) is 2.40. The van der Waals surface area contributed by atoms with Gasteiger partial charge in [0.25, 0.3) is 0 Å². The lowest BCUT2D eigenvalue weighted by Gasteiger charge is -2.03. The number of rotatable bonds is 7. The van der Waals surface area contributed by atoms with Crippen molar-refractivity contribution in [3.8, 4) is 0 Å². The molecular weight excluding hydrogens is 308 g/mol. The molecule has 1 fully saturated rings. The Kier molecular flexibility index (Phi) is 4.84. The first-order valence-corrected chi connectivity index (χ1v) is 7.96. The second-order valence-electron chi connectivity index (χ2n) is 5.97. The van der Waals surface area contributed by atoms with Crippen LogP contribution in [-0.2, 0) is 16.1 Å².